The second-order valence-corrected chi connectivity index (χ2v) is 2.08. The van der Waals surface area contributed by atoms with Crippen LogP contribution in [0.4, 0.5) is 0 Å². The molecule has 0 aromatic rings. The molecule has 0 aromatic carbocycles. The summed E-state index contributed by atoms with van der Waals surface area (Å²) >= 11 is 2.46. The predicted octanol–water partition coefficient (Wildman–Crippen LogP) is 1.39. The van der Waals surface area contributed by atoms with Crippen LogP contribution in [-0.4, -0.2) is 4.61 Å². The molecule has 0 saturated heterocycles. The molecule has 0 heterocycles. The molecule has 0 nitrogen and oxygen atoms in total. The Morgan fingerprint density at radius 3 is 2.38 bits per heavy atom. The van der Waals surface area contributed by atoms with Crippen molar-refractivity contribution in [3.63, 3.8) is 0 Å². The molecule has 8 heavy (non-hydrogen) atoms. The van der Waals surface area contributed by atoms with Crippen molar-refractivity contribution in [2.75, 3.05) is 0 Å². The van der Waals surface area contributed by atoms with Gasteiger partial charge in [-0.1, -0.05) is 0 Å². The average Bonchev–Trinajstić information content (AvgIpc) is 2.19. The minimum atomic E-state index is 1.27. The number of allylic oxidation sites excluding steroid dienone is 6. The Kier molecular flexibility index (Phi) is 2.11. The summed E-state index contributed by atoms with van der Waals surface area (Å²) in [6, 6.07) is 0. The van der Waals surface area contributed by atoms with E-state index >= 15 is 0 Å². The van der Waals surface area contributed by atoms with Crippen molar-refractivity contribution in [2.45, 2.75) is 0 Å². The monoisotopic (exact) mass is 192 g/mol. The molecule has 0 aliphatic heterocycles. The van der Waals surface area contributed by atoms with Gasteiger partial charge < -0.3 is 0 Å². The number of hydrogen-bond donors (Lipinski definition) is 0. The van der Waals surface area contributed by atoms with Gasteiger partial charge in [-0.3, -0.25) is 0 Å². The predicted molar refractivity (Wildman–Crippen MR) is 32.4 cm³/mol. The van der Waals surface area contributed by atoms with Gasteiger partial charge in [-0.25, -0.2) is 0 Å². The summed E-state index contributed by atoms with van der Waals surface area (Å²) in [6.07, 6.45) is 10.3. The second kappa shape index (κ2) is 2.89. The van der Waals surface area contributed by atoms with Gasteiger partial charge in [-0.15, -0.1) is 0 Å². The van der Waals surface area contributed by atoms with E-state index in [0.717, 1.165) is 0 Å². The van der Waals surface area contributed by atoms with Crippen LogP contribution in [0.1, 0.15) is 0 Å². The van der Waals surface area contributed by atoms with Crippen LogP contribution in [0.5, 0.6) is 0 Å². The van der Waals surface area contributed by atoms with E-state index in [1.807, 2.05) is 16.8 Å². The molecule has 0 saturated carbocycles. The Hall–Kier alpha value is -0.287. The molecule has 0 aromatic heterocycles. The Morgan fingerprint density at radius 1 is 1.25 bits per heavy atom. The van der Waals surface area contributed by atoms with E-state index in [1.165, 1.54) is 5.57 Å². The molecule has 0 fully saturated rings. The van der Waals surface area contributed by atoms with E-state index in [1.54, 1.807) is 0 Å². The summed E-state index contributed by atoms with van der Waals surface area (Å²) in [5.41, 5.74) is 1.27. The molecule has 0 bridgehead atoms. The fourth-order valence-corrected chi connectivity index (χ4v) is 0.903. The van der Waals surface area contributed by atoms with Crippen LogP contribution in [0.15, 0.2) is 36.0 Å². The molecule has 0 unspecified atom stereocenters. The molecule has 0 radical (unpaired) electrons. The molecule has 1 aliphatic rings. The molecule has 41 valence electrons. The summed E-state index contributed by atoms with van der Waals surface area (Å²) in [4.78, 5) is 0. The van der Waals surface area contributed by atoms with E-state index in [-0.39, 0.29) is 0 Å². The standard InChI is InChI=1S/C7H6.Ru/c1-2-7-5-3-4-6-7;/h1-6H;/q;+1. The van der Waals surface area contributed by atoms with E-state index < -0.39 is 0 Å². The van der Waals surface area contributed by atoms with Gasteiger partial charge in [0.25, 0.3) is 0 Å². The van der Waals surface area contributed by atoms with Gasteiger partial charge in [-0.2, -0.15) is 0 Å². The first-order valence-electron chi connectivity index (χ1n) is 2.40. The normalized spacial score (nSPS) is 14.8. The van der Waals surface area contributed by atoms with Crippen LogP contribution in [0.3, 0.4) is 0 Å². The molecule has 0 spiro atoms. The molecular formula is C7H6Ru+. The van der Waals surface area contributed by atoms with Gasteiger partial charge in [0.1, 0.15) is 0 Å². The fraction of sp³-hybridized carbons (Fsp3) is 0. The van der Waals surface area contributed by atoms with Gasteiger partial charge >= 0.3 is 58.4 Å². The van der Waals surface area contributed by atoms with Crippen molar-refractivity contribution in [1.82, 2.24) is 0 Å². The summed E-state index contributed by atoms with van der Waals surface area (Å²) in [5, 5.41) is 0. The first-order valence-corrected chi connectivity index (χ1v) is 3.41. The fourth-order valence-electron chi connectivity index (χ4n) is 0.568. The average molecular weight is 191 g/mol. The van der Waals surface area contributed by atoms with E-state index in [2.05, 4.69) is 36.1 Å². The number of hydrogen-bond acceptors (Lipinski definition) is 0. The summed E-state index contributed by atoms with van der Waals surface area (Å²) in [7, 11) is 0. The van der Waals surface area contributed by atoms with E-state index in [0.29, 0.717) is 0 Å². The summed E-state index contributed by atoms with van der Waals surface area (Å²) in [5.74, 6) is 0. The van der Waals surface area contributed by atoms with Gasteiger partial charge in [0.2, 0.25) is 0 Å². The Bertz CT molecular complexity index is 159. The van der Waals surface area contributed by atoms with Crippen LogP contribution in [0.2, 0.25) is 0 Å². The SMILES string of the molecule is [Ru+]=[CH]C=C1C=CC=C1. The zero-order chi connectivity index (χ0) is 5.82. The molecule has 0 N–H and O–H groups in total. The zero-order valence-corrected chi connectivity index (χ0v) is 6.06. The molecule has 0 amide bonds. The maximum absolute atomic E-state index is 2.46. The van der Waals surface area contributed by atoms with Crippen molar-refractivity contribution in [3.05, 3.63) is 36.0 Å². The van der Waals surface area contributed by atoms with E-state index in [9.17, 15) is 0 Å². The second-order valence-electron chi connectivity index (χ2n) is 1.50. The zero-order valence-electron chi connectivity index (χ0n) is 4.32. The Morgan fingerprint density at radius 2 is 1.88 bits per heavy atom. The van der Waals surface area contributed by atoms with Gasteiger partial charge in [0.15, 0.2) is 0 Å². The first-order chi connectivity index (χ1) is 3.93. The Balaban J connectivity index is 2.74. The van der Waals surface area contributed by atoms with Crippen LogP contribution < -0.4 is 0 Å². The van der Waals surface area contributed by atoms with Crippen molar-refractivity contribution in [2.24, 2.45) is 0 Å². The van der Waals surface area contributed by atoms with Crippen LogP contribution in [0, 0.1) is 0 Å². The van der Waals surface area contributed by atoms with Gasteiger partial charge in [-0.05, 0) is 0 Å². The van der Waals surface area contributed by atoms with Gasteiger partial charge in [0.05, 0.1) is 0 Å². The molecule has 1 rings (SSSR count). The van der Waals surface area contributed by atoms with Crippen LogP contribution >= 0.6 is 0 Å². The maximum atomic E-state index is 2.46. The third-order valence-corrected chi connectivity index (χ3v) is 1.23. The molecule has 1 heteroatoms. The number of rotatable bonds is 1. The third-order valence-electron chi connectivity index (χ3n) is 0.940. The molecular weight excluding hydrogens is 185 g/mol. The van der Waals surface area contributed by atoms with Gasteiger partial charge in [0, 0.05) is 0 Å². The van der Waals surface area contributed by atoms with Crippen LogP contribution in [0.25, 0.3) is 0 Å². The molecule has 0 atom stereocenters. The Labute approximate surface area is 58.8 Å². The van der Waals surface area contributed by atoms with Crippen molar-refractivity contribution in [1.29, 1.82) is 0 Å². The van der Waals surface area contributed by atoms with Crippen molar-refractivity contribution in [3.8, 4) is 0 Å². The quantitative estimate of drug-likeness (QED) is 0.549. The third kappa shape index (κ3) is 1.35. The van der Waals surface area contributed by atoms with Crippen molar-refractivity contribution < 1.29 is 17.9 Å². The summed E-state index contributed by atoms with van der Waals surface area (Å²) < 4.78 is 1.97. The topological polar surface area (TPSA) is 0 Å². The van der Waals surface area contributed by atoms with Crippen molar-refractivity contribution >= 4 is 4.61 Å². The minimum absolute atomic E-state index is 1.27. The van der Waals surface area contributed by atoms with Crippen LogP contribution in [-0.2, 0) is 17.9 Å². The van der Waals surface area contributed by atoms with E-state index in [4.69, 9.17) is 0 Å². The summed E-state index contributed by atoms with van der Waals surface area (Å²) in [6.45, 7) is 0. The molecule has 1 aliphatic carbocycles. The first kappa shape index (κ1) is 5.84.